The number of hydrogen-bond donors (Lipinski definition) is 2. The Balaban J connectivity index is 1.56. The van der Waals surface area contributed by atoms with Crippen LogP contribution in [-0.2, 0) is 4.74 Å². The van der Waals surface area contributed by atoms with Gasteiger partial charge in [0.15, 0.2) is 5.16 Å². The molecule has 0 atom stereocenters. The predicted molar refractivity (Wildman–Crippen MR) is 78.5 cm³/mol. The number of nitrogens with two attached hydrogens (primary N) is 1. The number of ether oxygens (including phenoxy) is 1. The fourth-order valence-corrected chi connectivity index (χ4v) is 3.06. The summed E-state index contributed by atoms with van der Waals surface area (Å²) in [6.45, 7) is 4.87. The Kier molecular flexibility index (Phi) is 3.91. The number of nitrogens with zero attached hydrogens (tertiary/aromatic N) is 2. The van der Waals surface area contributed by atoms with E-state index in [9.17, 15) is 0 Å². The van der Waals surface area contributed by atoms with E-state index in [2.05, 4.69) is 14.9 Å². The van der Waals surface area contributed by atoms with E-state index in [1.807, 2.05) is 18.2 Å². The smallest absolute Gasteiger partial charge is 0.166 e. The minimum absolute atomic E-state index is 0.765. The van der Waals surface area contributed by atoms with Crippen LogP contribution >= 0.6 is 11.8 Å². The summed E-state index contributed by atoms with van der Waals surface area (Å²) >= 11 is 1.76. The van der Waals surface area contributed by atoms with Crippen LogP contribution in [0.5, 0.6) is 0 Å². The van der Waals surface area contributed by atoms with Crippen molar-refractivity contribution in [2.24, 2.45) is 0 Å². The number of benzene rings is 1. The number of H-pyrrole nitrogens is 1. The highest BCUT2D eigenvalue weighted by atomic mass is 32.2. The van der Waals surface area contributed by atoms with Gasteiger partial charge in [0, 0.05) is 31.1 Å². The van der Waals surface area contributed by atoms with Gasteiger partial charge >= 0.3 is 0 Å². The molecule has 3 N–H and O–H groups in total. The molecular formula is C13H18N4OS. The zero-order chi connectivity index (χ0) is 13.1. The molecule has 1 aliphatic heterocycles. The van der Waals surface area contributed by atoms with Crippen molar-refractivity contribution in [2.45, 2.75) is 5.16 Å². The van der Waals surface area contributed by atoms with Gasteiger partial charge in [0.2, 0.25) is 0 Å². The Morgan fingerprint density at radius 3 is 3.05 bits per heavy atom. The summed E-state index contributed by atoms with van der Waals surface area (Å²) < 4.78 is 5.34. The largest absolute Gasteiger partial charge is 0.399 e. The second kappa shape index (κ2) is 5.81. The number of imidazole rings is 1. The van der Waals surface area contributed by atoms with E-state index < -0.39 is 0 Å². The third kappa shape index (κ3) is 3.20. The van der Waals surface area contributed by atoms with E-state index in [0.29, 0.717) is 0 Å². The van der Waals surface area contributed by atoms with Gasteiger partial charge in [-0.1, -0.05) is 11.8 Å². The topological polar surface area (TPSA) is 67.2 Å². The lowest BCUT2D eigenvalue weighted by Crippen LogP contribution is -2.37. The first-order chi connectivity index (χ1) is 9.31. The Bertz CT molecular complexity index is 551. The highest BCUT2D eigenvalue weighted by molar-refractivity contribution is 7.99. The van der Waals surface area contributed by atoms with E-state index in [0.717, 1.165) is 60.5 Å². The van der Waals surface area contributed by atoms with E-state index in [-0.39, 0.29) is 0 Å². The number of aromatic nitrogens is 2. The number of thioether (sulfide) groups is 1. The highest BCUT2D eigenvalue weighted by Crippen LogP contribution is 2.21. The molecule has 0 radical (unpaired) electrons. The molecule has 0 spiro atoms. The Labute approximate surface area is 116 Å². The van der Waals surface area contributed by atoms with Crippen molar-refractivity contribution < 1.29 is 4.74 Å². The fraction of sp³-hybridized carbons (Fsp3) is 0.462. The van der Waals surface area contributed by atoms with Crippen molar-refractivity contribution in [2.75, 3.05) is 44.3 Å². The fourth-order valence-electron chi connectivity index (χ4n) is 2.17. The molecule has 1 saturated heterocycles. The third-order valence-corrected chi connectivity index (χ3v) is 4.09. The van der Waals surface area contributed by atoms with Crippen molar-refractivity contribution in [1.29, 1.82) is 0 Å². The number of fused-ring (bicyclic) bond motifs is 1. The number of aromatic amines is 1. The lowest BCUT2D eigenvalue weighted by Gasteiger charge is -2.26. The molecule has 102 valence electrons. The summed E-state index contributed by atoms with van der Waals surface area (Å²) in [6, 6.07) is 5.76. The van der Waals surface area contributed by atoms with Gasteiger partial charge in [-0.15, -0.1) is 0 Å². The summed E-state index contributed by atoms with van der Waals surface area (Å²) in [4.78, 5) is 10.3. The normalized spacial score (nSPS) is 17.1. The molecule has 0 amide bonds. The first-order valence-electron chi connectivity index (χ1n) is 6.49. The predicted octanol–water partition coefficient (Wildman–Crippen LogP) is 1.57. The Hall–Kier alpha value is -1.24. The van der Waals surface area contributed by atoms with Gasteiger partial charge < -0.3 is 15.5 Å². The molecule has 1 aromatic heterocycles. The van der Waals surface area contributed by atoms with Crippen molar-refractivity contribution in [3.8, 4) is 0 Å². The zero-order valence-corrected chi connectivity index (χ0v) is 11.6. The molecule has 0 aliphatic carbocycles. The standard InChI is InChI=1S/C13H18N4OS/c14-10-1-2-11-12(9-10)16-13(15-11)19-8-5-17-3-6-18-7-4-17/h1-2,9H,3-8,14H2,(H,15,16). The first kappa shape index (κ1) is 12.8. The molecule has 1 fully saturated rings. The van der Waals surface area contributed by atoms with Crippen LogP contribution in [-0.4, -0.2) is 53.5 Å². The molecule has 19 heavy (non-hydrogen) atoms. The van der Waals surface area contributed by atoms with Crippen LogP contribution in [0.2, 0.25) is 0 Å². The number of anilines is 1. The summed E-state index contributed by atoms with van der Waals surface area (Å²) in [5.41, 5.74) is 8.51. The number of morpholine rings is 1. The van der Waals surface area contributed by atoms with Gasteiger partial charge in [-0.05, 0) is 18.2 Å². The minimum atomic E-state index is 0.765. The van der Waals surface area contributed by atoms with Crippen molar-refractivity contribution in [3.63, 3.8) is 0 Å². The van der Waals surface area contributed by atoms with Crippen LogP contribution in [0.1, 0.15) is 0 Å². The van der Waals surface area contributed by atoms with Gasteiger partial charge in [0.25, 0.3) is 0 Å². The molecule has 0 bridgehead atoms. The third-order valence-electron chi connectivity index (χ3n) is 3.23. The zero-order valence-electron chi connectivity index (χ0n) is 10.8. The van der Waals surface area contributed by atoms with Gasteiger partial charge in [-0.25, -0.2) is 4.98 Å². The molecule has 0 saturated carbocycles. The molecule has 0 unspecified atom stereocenters. The van der Waals surface area contributed by atoms with E-state index >= 15 is 0 Å². The van der Waals surface area contributed by atoms with Crippen LogP contribution in [0.15, 0.2) is 23.4 Å². The summed E-state index contributed by atoms with van der Waals surface area (Å²) in [5, 5.41) is 0.967. The lowest BCUT2D eigenvalue weighted by atomic mass is 10.3. The van der Waals surface area contributed by atoms with Crippen molar-refractivity contribution in [3.05, 3.63) is 18.2 Å². The van der Waals surface area contributed by atoms with Gasteiger partial charge in [0.1, 0.15) is 0 Å². The first-order valence-corrected chi connectivity index (χ1v) is 7.48. The van der Waals surface area contributed by atoms with Crippen LogP contribution in [0.4, 0.5) is 5.69 Å². The van der Waals surface area contributed by atoms with Gasteiger partial charge in [-0.2, -0.15) is 0 Å². The Morgan fingerprint density at radius 2 is 2.21 bits per heavy atom. The number of nitrogen functional groups attached to an aromatic ring is 1. The minimum Gasteiger partial charge on any atom is -0.399 e. The Morgan fingerprint density at radius 1 is 1.37 bits per heavy atom. The highest BCUT2D eigenvalue weighted by Gasteiger charge is 2.10. The van der Waals surface area contributed by atoms with Crippen LogP contribution in [0, 0.1) is 0 Å². The van der Waals surface area contributed by atoms with Crippen LogP contribution in [0.25, 0.3) is 11.0 Å². The number of hydrogen-bond acceptors (Lipinski definition) is 5. The van der Waals surface area contributed by atoms with E-state index in [4.69, 9.17) is 10.5 Å². The molecular weight excluding hydrogens is 260 g/mol. The molecule has 2 heterocycles. The number of rotatable bonds is 4. The second-order valence-electron chi connectivity index (χ2n) is 4.62. The average molecular weight is 278 g/mol. The lowest BCUT2D eigenvalue weighted by molar-refractivity contribution is 0.0410. The molecule has 6 heteroatoms. The summed E-state index contributed by atoms with van der Waals surface area (Å²) in [7, 11) is 0. The van der Waals surface area contributed by atoms with Crippen LogP contribution in [0.3, 0.4) is 0 Å². The van der Waals surface area contributed by atoms with Crippen LogP contribution < -0.4 is 5.73 Å². The van der Waals surface area contributed by atoms with Crippen molar-refractivity contribution >= 4 is 28.5 Å². The van der Waals surface area contributed by atoms with E-state index in [1.54, 1.807) is 11.8 Å². The second-order valence-corrected chi connectivity index (χ2v) is 5.70. The average Bonchev–Trinajstić information content (AvgIpc) is 2.82. The van der Waals surface area contributed by atoms with E-state index in [1.165, 1.54) is 0 Å². The molecule has 5 nitrogen and oxygen atoms in total. The maximum Gasteiger partial charge on any atom is 0.166 e. The van der Waals surface area contributed by atoms with Gasteiger partial charge in [0.05, 0.1) is 24.2 Å². The van der Waals surface area contributed by atoms with Gasteiger partial charge in [-0.3, -0.25) is 4.90 Å². The maximum absolute atomic E-state index is 5.76. The summed E-state index contributed by atoms with van der Waals surface area (Å²) in [6.07, 6.45) is 0. The maximum atomic E-state index is 5.76. The monoisotopic (exact) mass is 278 g/mol. The SMILES string of the molecule is Nc1ccc2nc(SCCN3CCOCC3)[nH]c2c1. The number of nitrogens with one attached hydrogen (secondary N) is 1. The molecule has 3 rings (SSSR count). The van der Waals surface area contributed by atoms with Crippen molar-refractivity contribution in [1.82, 2.24) is 14.9 Å². The molecule has 2 aromatic rings. The summed E-state index contributed by atoms with van der Waals surface area (Å²) in [5.74, 6) is 1.04. The molecule has 1 aromatic carbocycles. The molecule has 1 aliphatic rings. The quantitative estimate of drug-likeness (QED) is 0.656.